The second-order valence-corrected chi connectivity index (χ2v) is 8.89. The topological polar surface area (TPSA) is 76.0 Å². The first-order chi connectivity index (χ1) is 10.9. The van der Waals surface area contributed by atoms with E-state index in [4.69, 9.17) is 16.3 Å². The molecule has 0 bridgehead atoms. The Morgan fingerprint density at radius 1 is 1.43 bits per heavy atom. The molecule has 23 heavy (non-hydrogen) atoms. The number of rotatable bonds is 3. The van der Waals surface area contributed by atoms with E-state index >= 15 is 0 Å². The maximum absolute atomic E-state index is 12.0. The van der Waals surface area contributed by atoms with Gasteiger partial charge < -0.3 is 9.64 Å². The summed E-state index contributed by atoms with van der Waals surface area (Å²) in [5, 5.41) is 0.330. The number of halogens is 1. The largest absolute Gasteiger partial charge is 0.495 e. The predicted octanol–water partition coefficient (Wildman–Crippen LogP) is 1.54. The minimum atomic E-state index is -3.09. The minimum absolute atomic E-state index is 0.0385. The van der Waals surface area contributed by atoms with Crippen LogP contribution in [0.4, 0.5) is 5.69 Å². The van der Waals surface area contributed by atoms with Crippen LogP contribution < -0.4 is 9.64 Å². The van der Waals surface area contributed by atoms with Gasteiger partial charge in [-0.15, -0.1) is 11.6 Å². The van der Waals surface area contributed by atoms with Gasteiger partial charge in [-0.2, -0.15) is 4.99 Å². The molecule has 0 saturated carbocycles. The second-order valence-electron chi connectivity index (χ2n) is 5.26. The predicted molar refractivity (Wildman–Crippen MR) is 92.5 cm³/mol. The number of hydrogen-bond donors (Lipinski definition) is 0. The number of hydrogen-bond acceptors (Lipinski definition) is 5. The summed E-state index contributed by atoms with van der Waals surface area (Å²) in [5.41, 5.74) is 0.702. The van der Waals surface area contributed by atoms with Crippen molar-refractivity contribution in [2.75, 3.05) is 29.4 Å². The van der Waals surface area contributed by atoms with Crippen LogP contribution in [-0.2, 0) is 14.6 Å². The van der Waals surface area contributed by atoms with Crippen molar-refractivity contribution >= 4 is 50.0 Å². The van der Waals surface area contributed by atoms with E-state index in [0.29, 0.717) is 16.6 Å². The molecule has 2 aliphatic heterocycles. The highest BCUT2D eigenvalue weighted by Crippen LogP contribution is 2.43. The average Bonchev–Trinajstić information content (AvgIpc) is 2.98. The van der Waals surface area contributed by atoms with Gasteiger partial charge in [0.2, 0.25) is 0 Å². The van der Waals surface area contributed by atoms with E-state index in [-0.39, 0.29) is 28.7 Å². The summed E-state index contributed by atoms with van der Waals surface area (Å²) in [5.74, 6) is 0.0667. The van der Waals surface area contributed by atoms with Gasteiger partial charge in [0.15, 0.2) is 15.0 Å². The van der Waals surface area contributed by atoms with Gasteiger partial charge in [-0.3, -0.25) is 4.79 Å². The first-order valence-corrected chi connectivity index (χ1v) is 10.2. The summed E-state index contributed by atoms with van der Waals surface area (Å²) >= 11 is 6.85. The van der Waals surface area contributed by atoms with Gasteiger partial charge in [0.25, 0.3) is 5.91 Å². The molecule has 0 unspecified atom stereocenters. The molecule has 2 saturated heterocycles. The Hall–Kier alpha value is -1.25. The fourth-order valence-electron chi connectivity index (χ4n) is 2.81. The molecule has 1 aromatic rings. The van der Waals surface area contributed by atoms with E-state index < -0.39 is 15.7 Å². The molecule has 124 valence electrons. The van der Waals surface area contributed by atoms with E-state index in [2.05, 4.69) is 4.99 Å². The van der Waals surface area contributed by atoms with E-state index in [1.807, 2.05) is 18.2 Å². The number of thioether (sulfide) groups is 1. The molecule has 9 heteroatoms. The molecule has 2 heterocycles. The molecule has 0 spiro atoms. The quantitative estimate of drug-likeness (QED) is 0.747. The number of benzene rings is 1. The van der Waals surface area contributed by atoms with Crippen molar-refractivity contribution in [2.45, 2.75) is 11.3 Å². The van der Waals surface area contributed by atoms with Crippen LogP contribution in [0.2, 0.25) is 0 Å². The molecule has 3 rings (SSSR count). The van der Waals surface area contributed by atoms with Crippen molar-refractivity contribution in [1.29, 1.82) is 0 Å². The summed E-state index contributed by atoms with van der Waals surface area (Å²) in [6.07, 6.45) is 0. The van der Waals surface area contributed by atoms with Crippen molar-refractivity contribution in [3.8, 4) is 5.75 Å². The van der Waals surface area contributed by atoms with Crippen LogP contribution in [-0.4, -0.2) is 55.3 Å². The summed E-state index contributed by atoms with van der Waals surface area (Å²) in [4.78, 5) is 17.5. The van der Waals surface area contributed by atoms with E-state index in [1.54, 1.807) is 18.1 Å². The molecule has 2 fully saturated rings. The SMILES string of the molecule is COc1ccccc1N1C(=NC(=O)CCl)S[C@H]2CS(=O)(=O)C[C@H]21. The lowest BCUT2D eigenvalue weighted by Gasteiger charge is -2.26. The minimum Gasteiger partial charge on any atom is -0.495 e. The van der Waals surface area contributed by atoms with Gasteiger partial charge in [0.05, 0.1) is 30.3 Å². The molecule has 0 aromatic heterocycles. The Kier molecular flexibility index (Phi) is 4.57. The van der Waals surface area contributed by atoms with Crippen molar-refractivity contribution in [3.05, 3.63) is 24.3 Å². The van der Waals surface area contributed by atoms with Crippen LogP contribution in [0.25, 0.3) is 0 Å². The molecule has 0 radical (unpaired) electrons. The number of carbonyl (C=O) groups excluding carboxylic acids is 1. The Bertz CT molecular complexity index is 766. The van der Waals surface area contributed by atoms with Gasteiger partial charge in [0.1, 0.15) is 11.6 Å². The zero-order valence-electron chi connectivity index (χ0n) is 12.3. The number of ether oxygens (including phenoxy) is 1. The third kappa shape index (κ3) is 3.20. The molecule has 1 amide bonds. The highest BCUT2D eigenvalue weighted by molar-refractivity contribution is 8.16. The summed E-state index contributed by atoms with van der Waals surface area (Å²) in [7, 11) is -1.55. The fourth-order valence-corrected chi connectivity index (χ4v) is 6.80. The van der Waals surface area contributed by atoms with Crippen LogP contribution in [0.15, 0.2) is 29.3 Å². The van der Waals surface area contributed by atoms with Gasteiger partial charge in [-0.25, -0.2) is 8.42 Å². The van der Waals surface area contributed by atoms with Crippen LogP contribution in [0.1, 0.15) is 0 Å². The number of anilines is 1. The molecule has 6 nitrogen and oxygen atoms in total. The third-order valence-corrected chi connectivity index (χ3v) is 7.18. The van der Waals surface area contributed by atoms with Crippen molar-refractivity contribution < 1.29 is 17.9 Å². The van der Waals surface area contributed by atoms with Crippen LogP contribution in [0, 0.1) is 0 Å². The molecule has 2 atom stereocenters. The molecule has 0 aliphatic carbocycles. The van der Waals surface area contributed by atoms with Gasteiger partial charge >= 0.3 is 0 Å². The molecule has 1 aromatic carbocycles. The van der Waals surface area contributed by atoms with Crippen LogP contribution in [0.5, 0.6) is 5.75 Å². The van der Waals surface area contributed by atoms with Crippen molar-refractivity contribution in [1.82, 2.24) is 0 Å². The highest BCUT2D eigenvalue weighted by atomic mass is 35.5. The maximum Gasteiger partial charge on any atom is 0.262 e. The average molecular weight is 375 g/mol. The highest BCUT2D eigenvalue weighted by Gasteiger charge is 2.49. The Balaban J connectivity index is 2.07. The standard InChI is InChI=1S/C14H15ClN2O4S2/c1-21-11-5-3-2-4-9(11)17-10-7-23(19,20)8-12(10)22-14(17)16-13(18)6-15/h2-5,10,12H,6-8H2,1H3/t10-,12+/m1/s1. The summed E-state index contributed by atoms with van der Waals surface area (Å²) in [6, 6.07) is 7.02. The monoisotopic (exact) mass is 374 g/mol. The molecule has 2 aliphatic rings. The number of fused-ring (bicyclic) bond motifs is 1. The number of aliphatic imine (C=N–C) groups is 1. The number of sulfone groups is 1. The van der Waals surface area contributed by atoms with E-state index in [9.17, 15) is 13.2 Å². The number of nitrogens with zero attached hydrogens (tertiary/aromatic N) is 2. The fraction of sp³-hybridized carbons (Fsp3) is 0.429. The van der Waals surface area contributed by atoms with E-state index in [1.165, 1.54) is 11.8 Å². The lowest BCUT2D eigenvalue weighted by atomic mass is 10.2. The van der Waals surface area contributed by atoms with Crippen molar-refractivity contribution in [3.63, 3.8) is 0 Å². The number of carbonyl (C=O) groups is 1. The van der Waals surface area contributed by atoms with Crippen LogP contribution in [0.3, 0.4) is 0 Å². The van der Waals surface area contributed by atoms with Gasteiger partial charge in [0, 0.05) is 5.25 Å². The first-order valence-electron chi connectivity index (χ1n) is 6.92. The number of amides is 1. The second kappa shape index (κ2) is 6.33. The first kappa shape index (κ1) is 16.6. The molecule has 0 N–H and O–H groups in total. The Labute approximate surface area is 143 Å². The molecular formula is C14H15ClN2O4S2. The normalized spacial score (nSPS) is 27.2. The number of amidine groups is 1. The number of para-hydroxylation sites is 2. The lowest BCUT2D eigenvalue weighted by Crippen LogP contribution is -2.38. The number of methoxy groups -OCH3 is 1. The Morgan fingerprint density at radius 3 is 2.87 bits per heavy atom. The van der Waals surface area contributed by atoms with Crippen LogP contribution >= 0.6 is 23.4 Å². The molecular weight excluding hydrogens is 360 g/mol. The maximum atomic E-state index is 12.0. The Morgan fingerprint density at radius 2 is 2.17 bits per heavy atom. The number of alkyl halides is 1. The smallest absolute Gasteiger partial charge is 0.262 e. The zero-order valence-corrected chi connectivity index (χ0v) is 14.7. The van der Waals surface area contributed by atoms with E-state index in [0.717, 1.165) is 0 Å². The van der Waals surface area contributed by atoms with Gasteiger partial charge in [-0.1, -0.05) is 23.9 Å². The zero-order chi connectivity index (χ0) is 16.6. The van der Waals surface area contributed by atoms with Gasteiger partial charge in [-0.05, 0) is 12.1 Å². The summed E-state index contributed by atoms with van der Waals surface area (Å²) < 4.78 is 29.3. The lowest BCUT2D eigenvalue weighted by molar-refractivity contribution is -0.115. The third-order valence-electron chi connectivity index (χ3n) is 3.75. The van der Waals surface area contributed by atoms with Crippen molar-refractivity contribution in [2.24, 2.45) is 4.99 Å². The summed E-state index contributed by atoms with van der Waals surface area (Å²) in [6.45, 7) is 0.